The molecule has 0 N–H and O–H groups in total. The Morgan fingerprint density at radius 3 is 2.56 bits per heavy atom. The van der Waals surface area contributed by atoms with Gasteiger partial charge in [0, 0.05) is 17.1 Å². The van der Waals surface area contributed by atoms with Gasteiger partial charge < -0.3 is 0 Å². The minimum atomic E-state index is -4.34. The minimum Gasteiger partial charge on any atom is -0.245 e. The van der Waals surface area contributed by atoms with Gasteiger partial charge in [-0.05, 0) is 18.6 Å². The zero-order valence-electron chi connectivity index (χ0n) is 8.38. The molecule has 0 spiro atoms. The molecule has 0 amide bonds. The number of halogens is 3. The number of aromatic nitrogens is 1. The van der Waals surface area contributed by atoms with Crippen LogP contribution in [0.2, 0.25) is 0 Å². The van der Waals surface area contributed by atoms with E-state index < -0.39 is 11.7 Å². The Bertz CT molecular complexity index is 488. The molecule has 0 unspecified atom stereocenters. The number of benzene rings is 1. The van der Waals surface area contributed by atoms with Crippen LogP contribution >= 0.6 is 11.3 Å². The van der Waals surface area contributed by atoms with E-state index in [9.17, 15) is 13.2 Å². The quantitative estimate of drug-likeness (QED) is 0.733. The predicted octanol–water partition coefficient (Wildman–Crippen LogP) is 4.14. The van der Waals surface area contributed by atoms with Gasteiger partial charge in [0.15, 0.2) is 0 Å². The molecule has 1 aromatic heterocycles. The van der Waals surface area contributed by atoms with Crippen molar-refractivity contribution in [1.29, 1.82) is 0 Å². The van der Waals surface area contributed by atoms with Gasteiger partial charge in [-0.25, -0.2) is 4.98 Å². The third-order valence-electron chi connectivity index (χ3n) is 2.22. The first-order chi connectivity index (χ1) is 7.50. The molecule has 0 fully saturated rings. The van der Waals surface area contributed by atoms with Crippen LogP contribution < -0.4 is 0 Å². The summed E-state index contributed by atoms with van der Waals surface area (Å²) in [7, 11) is 0. The summed E-state index contributed by atoms with van der Waals surface area (Å²) >= 11 is 1.21. The molecule has 16 heavy (non-hydrogen) atoms. The maximum Gasteiger partial charge on any atom is 0.417 e. The number of rotatable bonds is 1. The highest BCUT2D eigenvalue weighted by Crippen LogP contribution is 2.39. The predicted molar refractivity (Wildman–Crippen MR) is 57.3 cm³/mol. The fourth-order valence-electron chi connectivity index (χ4n) is 1.53. The van der Waals surface area contributed by atoms with Crippen LogP contribution in [0.4, 0.5) is 13.2 Å². The Labute approximate surface area is 94.6 Å². The fourth-order valence-corrected chi connectivity index (χ4v) is 2.30. The van der Waals surface area contributed by atoms with Crippen molar-refractivity contribution in [3.63, 3.8) is 0 Å². The number of alkyl halides is 3. The van der Waals surface area contributed by atoms with Crippen molar-refractivity contribution in [2.75, 3.05) is 0 Å². The van der Waals surface area contributed by atoms with E-state index in [4.69, 9.17) is 0 Å². The largest absolute Gasteiger partial charge is 0.417 e. The molecule has 1 nitrogen and oxygen atoms in total. The molecule has 0 aliphatic rings. The van der Waals surface area contributed by atoms with Crippen molar-refractivity contribution in [2.45, 2.75) is 13.1 Å². The molecule has 0 saturated heterocycles. The number of hydrogen-bond donors (Lipinski definition) is 0. The van der Waals surface area contributed by atoms with Crippen LogP contribution in [0.25, 0.3) is 10.6 Å². The van der Waals surface area contributed by atoms with Gasteiger partial charge in [-0.3, -0.25) is 0 Å². The van der Waals surface area contributed by atoms with Gasteiger partial charge in [-0.15, -0.1) is 11.3 Å². The summed E-state index contributed by atoms with van der Waals surface area (Å²) in [4.78, 5) is 3.94. The Morgan fingerprint density at radius 2 is 2.00 bits per heavy atom. The molecule has 0 atom stereocenters. The molecule has 0 aliphatic heterocycles. The standard InChI is InChI=1S/C11H8F3NS/c1-7-3-2-4-8(11(12,13)14)9(7)10-15-5-6-16-10/h2-6H,1H3. The van der Waals surface area contributed by atoms with E-state index in [0.717, 1.165) is 6.07 Å². The lowest BCUT2D eigenvalue weighted by atomic mass is 10.0. The Hall–Kier alpha value is -1.36. The van der Waals surface area contributed by atoms with E-state index >= 15 is 0 Å². The third kappa shape index (κ3) is 1.95. The molecule has 0 bridgehead atoms. The van der Waals surface area contributed by atoms with Gasteiger partial charge in [0.2, 0.25) is 0 Å². The molecule has 1 heterocycles. The summed E-state index contributed by atoms with van der Waals surface area (Å²) in [6.07, 6.45) is -2.83. The first-order valence-electron chi connectivity index (χ1n) is 4.57. The topological polar surface area (TPSA) is 12.9 Å². The second-order valence-corrected chi connectivity index (χ2v) is 4.23. The second kappa shape index (κ2) is 3.90. The Kier molecular flexibility index (Phi) is 2.71. The molecular weight excluding hydrogens is 235 g/mol. The number of hydrogen-bond acceptors (Lipinski definition) is 2. The van der Waals surface area contributed by atoms with Gasteiger partial charge in [0.25, 0.3) is 0 Å². The smallest absolute Gasteiger partial charge is 0.245 e. The lowest BCUT2D eigenvalue weighted by molar-refractivity contribution is -0.137. The second-order valence-electron chi connectivity index (χ2n) is 3.33. The summed E-state index contributed by atoms with van der Waals surface area (Å²) in [5.41, 5.74) is 0.150. The lowest BCUT2D eigenvalue weighted by Crippen LogP contribution is -2.07. The maximum absolute atomic E-state index is 12.8. The van der Waals surface area contributed by atoms with E-state index in [1.165, 1.54) is 23.6 Å². The summed E-state index contributed by atoms with van der Waals surface area (Å²) in [5, 5.41) is 2.08. The van der Waals surface area contributed by atoms with Crippen molar-refractivity contribution in [3.8, 4) is 10.6 Å². The van der Waals surface area contributed by atoms with Crippen LogP contribution in [0.5, 0.6) is 0 Å². The zero-order valence-corrected chi connectivity index (χ0v) is 9.19. The molecule has 84 valence electrons. The van der Waals surface area contributed by atoms with E-state index in [1.807, 2.05) is 0 Å². The summed E-state index contributed by atoms with van der Waals surface area (Å²) in [6, 6.07) is 4.16. The minimum absolute atomic E-state index is 0.185. The molecule has 0 saturated carbocycles. The third-order valence-corrected chi connectivity index (χ3v) is 3.01. The first kappa shape index (κ1) is 11.1. The van der Waals surface area contributed by atoms with Gasteiger partial charge in [0.1, 0.15) is 5.01 Å². The Morgan fingerprint density at radius 1 is 1.25 bits per heavy atom. The molecule has 0 aliphatic carbocycles. The highest BCUT2D eigenvalue weighted by Gasteiger charge is 2.34. The van der Waals surface area contributed by atoms with Crippen LogP contribution in [-0.4, -0.2) is 4.98 Å². The Balaban J connectivity index is 2.68. The van der Waals surface area contributed by atoms with E-state index in [1.54, 1.807) is 18.4 Å². The molecule has 2 aromatic rings. The number of nitrogens with zero attached hydrogens (tertiary/aromatic N) is 1. The SMILES string of the molecule is Cc1cccc(C(F)(F)F)c1-c1nccs1. The van der Waals surface area contributed by atoms with E-state index in [-0.39, 0.29) is 5.56 Å². The summed E-state index contributed by atoms with van der Waals surface area (Å²) in [6.45, 7) is 1.66. The van der Waals surface area contributed by atoms with E-state index in [2.05, 4.69) is 4.98 Å². The zero-order chi connectivity index (χ0) is 11.8. The lowest BCUT2D eigenvalue weighted by Gasteiger charge is -2.13. The number of thiazole rings is 1. The fraction of sp³-hybridized carbons (Fsp3) is 0.182. The normalized spacial score (nSPS) is 11.8. The average molecular weight is 243 g/mol. The van der Waals surface area contributed by atoms with Crippen LogP contribution in [0, 0.1) is 6.92 Å². The van der Waals surface area contributed by atoms with Gasteiger partial charge >= 0.3 is 6.18 Å². The van der Waals surface area contributed by atoms with E-state index in [0.29, 0.717) is 10.6 Å². The molecule has 5 heteroatoms. The van der Waals surface area contributed by atoms with Gasteiger partial charge in [0.05, 0.1) is 5.56 Å². The maximum atomic E-state index is 12.8. The van der Waals surface area contributed by atoms with Crippen LogP contribution in [0.15, 0.2) is 29.8 Å². The van der Waals surface area contributed by atoms with Gasteiger partial charge in [-0.2, -0.15) is 13.2 Å². The van der Waals surface area contributed by atoms with Crippen LogP contribution in [0.1, 0.15) is 11.1 Å². The van der Waals surface area contributed by atoms with Crippen molar-refractivity contribution < 1.29 is 13.2 Å². The molecular formula is C11H8F3NS. The van der Waals surface area contributed by atoms with Crippen LogP contribution in [0.3, 0.4) is 0 Å². The summed E-state index contributed by atoms with van der Waals surface area (Å²) < 4.78 is 38.4. The van der Waals surface area contributed by atoms with Crippen molar-refractivity contribution in [2.24, 2.45) is 0 Å². The molecule has 0 radical (unpaired) electrons. The van der Waals surface area contributed by atoms with Crippen LogP contribution in [-0.2, 0) is 6.18 Å². The van der Waals surface area contributed by atoms with Crippen molar-refractivity contribution >= 4 is 11.3 Å². The first-order valence-corrected chi connectivity index (χ1v) is 5.45. The van der Waals surface area contributed by atoms with Crippen molar-refractivity contribution in [1.82, 2.24) is 4.98 Å². The highest BCUT2D eigenvalue weighted by molar-refractivity contribution is 7.13. The molecule has 2 rings (SSSR count). The highest BCUT2D eigenvalue weighted by atomic mass is 32.1. The molecule has 1 aromatic carbocycles. The summed E-state index contributed by atoms with van der Waals surface area (Å²) in [5.74, 6) is 0. The average Bonchev–Trinajstić information content (AvgIpc) is 2.68. The van der Waals surface area contributed by atoms with Gasteiger partial charge in [-0.1, -0.05) is 12.1 Å². The monoisotopic (exact) mass is 243 g/mol. The van der Waals surface area contributed by atoms with Crippen molar-refractivity contribution in [3.05, 3.63) is 40.9 Å². The number of aryl methyl sites for hydroxylation is 1.